The molecule has 0 aliphatic carbocycles. The first kappa shape index (κ1) is 11.9. The lowest BCUT2D eigenvalue weighted by molar-refractivity contribution is 0.0999. The van der Waals surface area contributed by atoms with E-state index in [1.165, 1.54) is 0 Å². The molecule has 1 aromatic carbocycles. The molecule has 0 saturated heterocycles. The van der Waals surface area contributed by atoms with Crippen molar-refractivity contribution >= 4 is 17.3 Å². The monoisotopic (exact) mass is 243 g/mol. The first-order valence-electron chi connectivity index (χ1n) is 5.43. The van der Waals surface area contributed by atoms with Gasteiger partial charge in [0.2, 0.25) is 0 Å². The van der Waals surface area contributed by atoms with Gasteiger partial charge in [-0.1, -0.05) is 18.2 Å². The maximum Gasteiger partial charge on any atom is 0.263 e. The summed E-state index contributed by atoms with van der Waals surface area (Å²) in [5.74, 6) is -0.755. The van der Waals surface area contributed by atoms with Gasteiger partial charge in [-0.15, -0.1) is 0 Å². The van der Waals surface area contributed by atoms with Gasteiger partial charge in [-0.25, -0.2) is 0 Å². The number of rotatable bonds is 3. The zero-order valence-corrected chi connectivity index (χ0v) is 9.86. The minimum atomic E-state index is -0.755. The summed E-state index contributed by atoms with van der Waals surface area (Å²) in [7, 11) is 0. The summed E-state index contributed by atoms with van der Waals surface area (Å²) < 4.78 is 0. The van der Waals surface area contributed by atoms with E-state index in [9.17, 15) is 9.59 Å². The Morgan fingerprint density at radius 3 is 2.56 bits per heavy atom. The molecule has 0 bridgehead atoms. The minimum absolute atomic E-state index is 0.0653. The van der Waals surface area contributed by atoms with Crippen LogP contribution in [0, 0.1) is 6.92 Å². The number of aromatic amines is 1. The highest BCUT2D eigenvalue weighted by molar-refractivity contribution is 5.98. The van der Waals surface area contributed by atoms with Gasteiger partial charge < -0.3 is 16.0 Å². The molecule has 18 heavy (non-hydrogen) atoms. The number of primary amides is 1. The smallest absolute Gasteiger partial charge is 0.263 e. The summed E-state index contributed by atoms with van der Waals surface area (Å²) >= 11 is 0. The van der Waals surface area contributed by atoms with Gasteiger partial charge in [-0.05, 0) is 25.1 Å². The van der Waals surface area contributed by atoms with Gasteiger partial charge in [-0.2, -0.15) is 0 Å². The average Bonchev–Trinajstić information content (AvgIpc) is 2.28. The molecule has 0 aliphatic rings. The number of aromatic nitrogens is 1. The molecule has 0 spiro atoms. The highest BCUT2D eigenvalue weighted by atomic mass is 16.2. The highest BCUT2D eigenvalue weighted by Gasteiger charge is 2.13. The van der Waals surface area contributed by atoms with Crippen LogP contribution in [0.15, 0.2) is 41.2 Å². The van der Waals surface area contributed by atoms with Crippen molar-refractivity contribution in [3.8, 4) is 0 Å². The molecule has 0 radical (unpaired) electrons. The molecule has 5 heteroatoms. The Morgan fingerprint density at radius 2 is 1.94 bits per heavy atom. The molecule has 2 rings (SSSR count). The number of hydrogen-bond donors (Lipinski definition) is 3. The molecular weight excluding hydrogens is 230 g/mol. The van der Waals surface area contributed by atoms with Crippen LogP contribution in [0.1, 0.15) is 16.1 Å². The van der Waals surface area contributed by atoms with Crippen LogP contribution >= 0.6 is 0 Å². The molecule has 0 atom stereocenters. The van der Waals surface area contributed by atoms with Crippen LogP contribution in [0.2, 0.25) is 0 Å². The fourth-order valence-corrected chi connectivity index (χ4v) is 1.71. The van der Waals surface area contributed by atoms with E-state index in [0.717, 1.165) is 5.69 Å². The summed E-state index contributed by atoms with van der Waals surface area (Å²) in [6.07, 6.45) is 0. The third-order valence-corrected chi connectivity index (χ3v) is 2.47. The maximum atomic E-state index is 11.7. The number of carbonyl (C=O) groups excluding carboxylic acids is 1. The van der Waals surface area contributed by atoms with Crippen molar-refractivity contribution in [1.29, 1.82) is 0 Å². The van der Waals surface area contributed by atoms with Crippen LogP contribution in [0.4, 0.5) is 11.4 Å². The topological polar surface area (TPSA) is 88.0 Å². The van der Waals surface area contributed by atoms with Crippen molar-refractivity contribution in [2.24, 2.45) is 5.73 Å². The lowest BCUT2D eigenvalue weighted by atomic mass is 10.2. The molecule has 4 N–H and O–H groups in total. The third kappa shape index (κ3) is 2.40. The van der Waals surface area contributed by atoms with Crippen LogP contribution in [0.3, 0.4) is 0 Å². The fourth-order valence-electron chi connectivity index (χ4n) is 1.71. The average molecular weight is 243 g/mol. The van der Waals surface area contributed by atoms with Crippen molar-refractivity contribution in [3.05, 3.63) is 58.0 Å². The highest BCUT2D eigenvalue weighted by Crippen LogP contribution is 2.18. The number of aryl methyl sites for hydroxylation is 1. The molecule has 2 aromatic rings. The Labute approximate surface area is 104 Å². The van der Waals surface area contributed by atoms with E-state index in [-0.39, 0.29) is 5.56 Å². The second kappa shape index (κ2) is 4.75. The Morgan fingerprint density at radius 1 is 1.28 bits per heavy atom. The molecule has 1 amide bonds. The number of hydrogen-bond acceptors (Lipinski definition) is 3. The van der Waals surface area contributed by atoms with Crippen molar-refractivity contribution in [1.82, 2.24) is 4.98 Å². The van der Waals surface area contributed by atoms with Gasteiger partial charge in [0.1, 0.15) is 5.56 Å². The Kier molecular flexibility index (Phi) is 3.14. The molecule has 92 valence electrons. The van der Waals surface area contributed by atoms with E-state index >= 15 is 0 Å². The second-order valence-corrected chi connectivity index (χ2v) is 3.93. The van der Waals surface area contributed by atoms with E-state index in [4.69, 9.17) is 5.73 Å². The second-order valence-electron chi connectivity index (χ2n) is 3.93. The lowest BCUT2D eigenvalue weighted by Crippen LogP contribution is -2.25. The molecule has 0 aliphatic heterocycles. The van der Waals surface area contributed by atoms with E-state index in [0.29, 0.717) is 11.4 Å². The number of benzene rings is 1. The molecule has 5 nitrogen and oxygen atoms in total. The van der Waals surface area contributed by atoms with Gasteiger partial charge in [0, 0.05) is 11.4 Å². The van der Waals surface area contributed by atoms with Gasteiger partial charge in [0.25, 0.3) is 11.5 Å². The Hall–Kier alpha value is -2.56. The van der Waals surface area contributed by atoms with Crippen LogP contribution < -0.4 is 16.6 Å². The quantitative estimate of drug-likeness (QED) is 0.763. The summed E-state index contributed by atoms with van der Waals surface area (Å²) in [5.41, 5.74) is 6.52. The molecule has 0 fully saturated rings. The standard InChI is InChI=1S/C13H13N3O2/c1-8-7-10(11(12(14)17)13(18)15-8)16-9-5-3-2-4-6-9/h2-7H,1H3,(H2,14,17)(H2,15,16,18). The number of anilines is 2. The largest absolute Gasteiger partial charge is 0.365 e. The summed E-state index contributed by atoms with van der Waals surface area (Å²) in [6.45, 7) is 1.74. The van der Waals surface area contributed by atoms with Gasteiger partial charge in [0.15, 0.2) is 0 Å². The van der Waals surface area contributed by atoms with E-state index < -0.39 is 11.5 Å². The van der Waals surface area contributed by atoms with E-state index in [1.54, 1.807) is 13.0 Å². The van der Waals surface area contributed by atoms with Crippen molar-refractivity contribution in [2.75, 3.05) is 5.32 Å². The van der Waals surface area contributed by atoms with E-state index in [2.05, 4.69) is 10.3 Å². The number of amides is 1. The van der Waals surface area contributed by atoms with Gasteiger partial charge in [-0.3, -0.25) is 9.59 Å². The predicted molar refractivity (Wildman–Crippen MR) is 70.0 cm³/mol. The fraction of sp³-hybridized carbons (Fsp3) is 0.0769. The molecule has 0 saturated carbocycles. The van der Waals surface area contributed by atoms with Crippen LogP contribution in [-0.4, -0.2) is 10.9 Å². The van der Waals surface area contributed by atoms with Crippen molar-refractivity contribution in [3.63, 3.8) is 0 Å². The SMILES string of the molecule is Cc1cc(Nc2ccccc2)c(C(N)=O)c(=O)[nH]1. The van der Waals surface area contributed by atoms with Crippen molar-refractivity contribution in [2.45, 2.75) is 6.92 Å². The molecule has 1 aromatic heterocycles. The molecular formula is C13H13N3O2. The maximum absolute atomic E-state index is 11.7. The van der Waals surface area contributed by atoms with Crippen LogP contribution in [0.25, 0.3) is 0 Å². The Balaban J connectivity index is 2.50. The van der Waals surface area contributed by atoms with Crippen molar-refractivity contribution < 1.29 is 4.79 Å². The molecule has 0 unspecified atom stereocenters. The van der Waals surface area contributed by atoms with Gasteiger partial charge >= 0.3 is 0 Å². The van der Waals surface area contributed by atoms with Crippen LogP contribution in [-0.2, 0) is 0 Å². The van der Waals surface area contributed by atoms with E-state index in [1.807, 2.05) is 30.3 Å². The van der Waals surface area contributed by atoms with Crippen LogP contribution in [0.5, 0.6) is 0 Å². The third-order valence-electron chi connectivity index (χ3n) is 2.47. The number of H-pyrrole nitrogens is 1. The number of nitrogens with two attached hydrogens (primary N) is 1. The first-order chi connectivity index (χ1) is 8.58. The summed E-state index contributed by atoms with van der Waals surface area (Å²) in [5, 5.41) is 3.01. The lowest BCUT2D eigenvalue weighted by Gasteiger charge is -2.10. The molecule has 1 heterocycles. The number of pyridine rings is 1. The predicted octanol–water partition coefficient (Wildman–Crippen LogP) is 1.53. The number of para-hydroxylation sites is 1. The summed E-state index contributed by atoms with van der Waals surface area (Å²) in [4.78, 5) is 25.6. The zero-order valence-electron chi connectivity index (χ0n) is 9.86. The number of nitrogens with one attached hydrogen (secondary N) is 2. The zero-order chi connectivity index (χ0) is 13.1. The normalized spacial score (nSPS) is 10.1. The Bertz CT molecular complexity index is 632. The first-order valence-corrected chi connectivity index (χ1v) is 5.43. The van der Waals surface area contributed by atoms with Gasteiger partial charge in [0.05, 0.1) is 5.69 Å². The summed E-state index contributed by atoms with van der Waals surface area (Å²) in [6, 6.07) is 10.9. The number of carbonyl (C=O) groups is 1. The minimum Gasteiger partial charge on any atom is -0.365 e.